The van der Waals surface area contributed by atoms with Gasteiger partial charge in [-0.1, -0.05) is 25.5 Å². The maximum atomic E-state index is 5.86. The minimum Gasteiger partial charge on any atom is -0.490 e. The minimum atomic E-state index is 0.665. The highest BCUT2D eigenvalue weighted by Crippen LogP contribution is 2.26. The van der Waals surface area contributed by atoms with Crippen LogP contribution in [0.4, 0.5) is 0 Å². The summed E-state index contributed by atoms with van der Waals surface area (Å²) < 4.78 is 11.4. The van der Waals surface area contributed by atoms with Crippen LogP contribution < -0.4 is 14.8 Å². The van der Waals surface area contributed by atoms with Gasteiger partial charge in [0.1, 0.15) is 0 Å². The Balaban J connectivity index is 2.42. The molecule has 0 aromatic heterocycles. The highest BCUT2D eigenvalue weighted by Gasteiger charge is 2.08. The SMILES string of the molecule is CCCC(CCOc1ccccc1OCC)CNC. The average molecular weight is 265 g/mol. The zero-order valence-electron chi connectivity index (χ0n) is 12.4. The second kappa shape index (κ2) is 9.68. The van der Waals surface area contributed by atoms with Crippen LogP contribution in [0.3, 0.4) is 0 Å². The Bertz CT molecular complexity index is 335. The molecule has 0 aliphatic rings. The van der Waals surface area contributed by atoms with Crippen molar-refractivity contribution in [3.63, 3.8) is 0 Å². The molecule has 1 atom stereocenters. The standard InChI is InChI=1S/C16H27NO2/c1-4-8-14(13-17-3)11-12-19-16-10-7-6-9-15(16)18-5-2/h6-7,9-10,14,17H,4-5,8,11-13H2,1-3H3. The maximum Gasteiger partial charge on any atom is 0.161 e. The lowest BCUT2D eigenvalue weighted by atomic mass is 10.0. The Morgan fingerprint density at radius 1 is 1.05 bits per heavy atom. The molecule has 3 nitrogen and oxygen atoms in total. The van der Waals surface area contributed by atoms with Gasteiger partial charge in [0.2, 0.25) is 0 Å². The number of benzene rings is 1. The van der Waals surface area contributed by atoms with Crippen molar-refractivity contribution in [1.82, 2.24) is 5.32 Å². The summed E-state index contributed by atoms with van der Waals surface area (Å²) in [7, 11) is 2.01. The van der Waals surface area contributed by atoms with Crippen molar-refractivity contribution in [3.8, 4) is 11.5 Å². The molecule has 0 radical (unpaired) electrons. The highest BCUT2D eigenvalue weighted by atomic mass is 16.5. The molecule has 3 heteroatoms. The zero-order chi connectivity index (χ0) is 13.9. The average Bonchev–Trinajstić information content (AvgIpc) is 2.41. The molecule has 1 unspecified atom stereocenters. The Hall–Kier alpha value is -1.22. The van der Waals surface area contributed by atoms with E-state index in [1.165, 1.54) is 12.8 Å². The van der Waals surface area contributed by atoms with Gasteiger partial charge in [-0.15, -0.1) is 0 Å². The fraction of sp³-hybridized carbons (Fsp3) is 0.625. The molecular weight excluding hydrogens is 238 g/mol. The van der Waals surface area contributed by atoms with Crippen molar-refractivity contribution in [2.75, 3.05) is 26.8 Å². The second-order valence-electron chi connectivity index (χ2n) is 4.73. The predicted molar refractivity (Wildman–Crippen MR) is 80.0 cm³/mol. The van der Waals surface area contributed by atoms with E-state index in [0.717, 1.165) is 31.1 Å². The first-order valence-corrected chi connectivity index (χ1v) is 7.31. The summed E-state index contributed by atoms with van der Waals surface area (Å²) >= 11 is 0. The minimum absolute atomic E-state index is 0.665. The Morgan fingerprint density at radius 2 is 1.74 bits per heavy atom. The third-order valence-corrected chi connectivity index (χ3v) is 3.12. The lowest BCUT2D eigenvalue weighted by Gasteiger charge is -2.17. The van der Waals surface area contributed by atoms with Crippen molar-refractivity contribution in [2.24, 2.45) is 5.92 Å². The molecule has 0 fully saturated rings. The Morgan fingerprint density at radius 3 is 2.32 bits per heavy atom. The maximum absolute atomic E-state index is 5.86. The molecule has 0 saturated carbocycles. The summed E-state index contributed by atoms with van der Waals surface area (Å²) in [6, 6.07) is 7.88. The van der Waals surface area contributed by atoms with Crippen LogP contribution in [0.15, 0.2) is 24.3 Å². The van der Waals surface area contributed by atoms with Gasteiger partial charge in [0.05, 0.1) is 13.2 Å². The molecule has 1 N–H and O–H groups in total. The van der Waals surface area contributed by atoms with Crippen LogP contribution >= 0.6 is 0 Å². The van der Waals surface area contributed by atoms with Crippen molar-refractivity contribution >= 4 is 0 Å². The number of para-hydroxylation sites is 2. The van der Waals surface area contributed by atoms with Crippen molar-refractivity contribution < 1.29 is 9.47 Å². The molecule has 0 bridgehead atoms. The fourth-order valence-electron chi connectivity index (χ4n) is 2.23. The number of rotatable bonds is 10. The second-order valence-corrected chi connectivity index (χ2v) is 4.73. The van der Waals surface area contributed by atoms with E-state index in [4.69, 9.17) is 9.47 Å². The molecule has 1 rings (SSSR count). The molecule has 0 aliphatic heterocycles. The first kappa shape index (κ1) is 15.8. The van der Waals surface area contributed by atoms with Gasteiger partial charge in [0.25, 0.3) is 0 Å². The van der Waals surface area contributed by atoms with Gasteiger partial charge in [0, 0.05) is 0 Å². The van der Waals surface area contributed by atoms with Crippen molar-refractivity contribution in [3.05, 3.63) is 24.3 Å². The third kappa shape index (κ3) is 5.97. The zero-order valence-corrected chi connectivity index (χ0v) is 12.4. The largest absolute Gasteiger partial charge is 0.490 e. The summed E-state index contributed by atoms with van der Waals surface area (Å²) in [6.07, 6.45) is 3.55. The van der Waals surface area contributed by atoms with E-state index in [2.05, 4.69) is 12.2 Å². The fourth-order valence-corrected chi connectivity index (χ4v) is 2.23. The smallest absolute Gasteiger partial charge is 0.161 e. The van der Waals surface area contributed by atoms with Crippen LogP contribution in [0, 0.1) is 5.92 Å². The Kier molecular flexibility index (Phi) is 8.07. The molecule has 1 aromatic carbocycles. The quantitative estimate of drug-likeness (QED) is 0.702. The number of hydrogen-bond acceptors (Lipinski definition) is 3. The van der Waals surface area contributed by atoms with Gasteiger partial charge in [0.15, 0.2) is 11.5 Å². The summed E-state index contributed by atoms with van der Waals surface area (Å²) in [6.45, 7) is 6.69. The molecule has 0 aliphatic carbocycles. The molecule has 19 heavy (non-hydrogen) atoms. The molecular formula is C16H27NO2. The number of hydrogen-bond donors (Lipinski definition) is 1. The van der Waals surface area contributed by atoms with E-state index < -0.39 is 0 Å². The molecule has 1 aromatic rings. The normalized spacial score (nSPS) is 12.2. The van der Waals surface area contributed by atoms with Crippen LogP contribution in [0.2, 0.25) is 0 Å². The summed E-state index contributed by atoms with van der Waals surface area (Å²) in [5.74, 6) is 2.38. The molecule has 108 valence electrons. The van der Waals surface area contributed by atoms with Crippen molar-refractivity contribution in [2.45, 2.75) is 33.1 Å². The van der Waals surface area contributed by atoms with Crippen molar-refractivity contribution in [1.29, 1.82) is 0 Å². The van der Waals surface area contributed by atoms with E-state index in [-0.39, 0.29) is 0 Å². The highest BCUT2D eigenvalue weighted by molar-refractivity contribution is 5.39. The third-order valence-electron chi connectivity index (χ3n) is 3.12. The van der Waals surface area contributed by atoms with E-state index in [9.17, 15) is 0 Å². The van der Waals surface area contributed by atoms with Crippen LogP contribution in [0.25, 0.3) is 0 Å². The van der Waals surface area contributed by atoms with E-state index in [1.54, 1.807) is 0 Å². The number of ether oxygens (including phenoxy) is 2. The van der Waals surface area contributed by atoms with E-state index in [0.29, 0.717) is 12.5 Å². The topological polar surface area (TPSA) is 30.5 Å². The molecule has 0 heterocycles. The van der Waals surface area contributed by atoms with Crippen LogP contribution in [-0.4, -0.2) is 26.8 Å². The lowest BCUT2D eigenvalue weighted by molar-refractivity contribution is 0.249. The van der Waals surface area contributed by atoms with E-state index >= 15 is 0 Å². The molecule has 0 spiro atoms. The van der Waals surface area contributed by atoms with Gasteiger partial charge in [-0.05, 0) is 51.4 Å². The van der Waals surface area contributed by atoms with Crippen LogP contribution in [0.5, 0.6) is 11.5 Å². The molecule has 0 amide bonds. The summed E-state index contributed by atoms with van der Waals surface area (Å²) in [5.41, 5.74) is 0. The number of nitrogens with one attached hydrogen (secondary N) is 1. The predicted octanol–water partition coefficient (Wildman–Crippen LogP) is 3.49. The lowest BCUT2D eigenvalue weighted by Crippen LogP contribution is -2.20. The molecule has 0 saturated heterocycles. The van der Waals surface area contributed by atoms with Gasteiger partial charge in [-0.3, -0.25) is 0 Å². The van der Waals surface area contributed by atoms with Gasteiger partial charge < -0.3 is 14.8 Å². The first-order valence-electron chi connectivity index (χ1n) is 7.31. The van der Waals surface area contributed by atoms with Gasteiger partial charge >= 0.3 is 0 Å². The summed E-state index contributed by atoms with van der Waals surface area (Å²) in [5, 5.41) is 3.25. The first-order chi connectivity index (χ1) is 9.31. The van der Waals surface area contributed by atoms with Gasteiger partial charge in [-0.2, -0.15) is 0 Å². The Labute approximate surface area is 117 Å². The van der Waals surface area contributed by atoms with Gasteiger partial charge in [-0.25, -0.2) is 0 Å². The van der Waals surface area contributed by atoms with Crippen LogP contribution in [-0.2, 0) is 0 Å². The summed E-state index contributed by atoms with van der Waals surface area (Å²) in [4.78, 5) is 0. The monoisotopic (exact) mass is 265 g/mol. The van der Waals surface area contributed by atoms with Crippen LogP contribution in [0.1, 0.15) is 33.1 Å². The van der Waals surface area contributed by atoms with E-state index in [1.807, 2.05) is 38.2 Å².